The van der Waals surface area contributed by atoms with E-state index < -0.39 is 9.84 Å². The Morgan fingerprint density at radius 1 is 1.29 bits per heavy atom. The van der Waals surface area contributed by atoms with Gasteiger partial charge in [-0.15, -0.1) is 0 Å². The predicted octanol–water partition coefficient (Wildman–Crippen LogP) is 2.98. The van der Waals surface area contributed by atoms with Gasteiger partial charge in [-0.3, -0.25) is 0 Å². The standard InChI is InChI=1S/C13H19BrO2S/c1-11-5-3-4-6-13(11)9-12(10-14)7-8-17(2,15)16/h3-6,12H,7-10H2,1-2H3. The first kappa shape index (κ1) is 14.7. The summed E-state index contributed by atoms with van der Waals surface area (Å²) in [7, 11) is -2.85. The third-order valence-corrected chi connectivity index (χ3v) is 4.78. The van der Waals surface area contributed by atoms with Crippen molar-refractivity contribution in [2.45, 2.75) is 19.8 Å². The number of hydrogen-bond donors (Lipinski definition) is 0. The van der Waals surface area contributed by atoms with Crippen LogP contribution in [0.3, 0.4) is 0 Å². The Balaban J connectivity index is 2.61. The van der Waals surface area contributed by atoms with Crippen molar-refractivity contribution in [3.05, 3.63) is 35.4 Å². The van der Waals surface area contributed by atoms with Crippen LogP contribution in [0.5, 0.6) is 0 Å². The zero-order chi connectivity index (χ0) is 12.9. The average molecular weight is 319 g/mol. The Bertz CT molecular complexity index is 454. The largest absolute Gasteiger partial charge is 0.229 e. The van der Waals surface area contributed by atoms with Crippen LogP contribution in [0.15, 0.2) is 24.3 Å². The summed E-state index contributed by atoms with van der Waals surface area (Å²) in [5.41, 5.74) is 2.59. The second-order valence-corrected chi connectivity index (χ2v) is 7.48. The topological polar surface area (TPSA) is 34.1 Å². The Labute approximate surface area is 112 Å². The third kappa shape index (κ3) is 5.68. The fourth-order valence-electron chi connectivity index (χ4n) is 1.76. The normalized spacial score (nSPS) is 13.6. The Hall–Kier alpha value is -0.350. The fourth-order valence-corrected chi connectivity index (χ4v) is 3.08. The van der Waals surface area contributed by atoms with Gasteiger partial charge in [-0.2, -0.15) is 0 Å². The van der Waals surface area contributed by atoms with Crippen LogP contribution >= 0.6 is 15.9 Å². The van der Waals surface area contributed by atoms with Gasteiger partial charge >= 0.3 is 0 Å². The van der Waals surface area contributed by atoms with Crippen molar-refractivity contribution in [3.8, 4) is 0 Å². The first-order chi connectivity index (χ1) is 7.92. The van der Waals surface area contributed by atoms with Crippen molar-refractivity contribution < 1.29 is 8.42 Å². The van der Waals surface area contributed by atoms with Gasteiger partial charge in [-0.1, -0.05) is 40.2 Å². The van der Waals surface area contributed by atoms with Crippen LogP contribution < -0.4 is 0 Å². The van der Waals surface area contributed by atoms with E-state index in [1.54, 1.807) is 0 Å². The number of rotatable bonds is 6. The van der Waals surface area contributed by atoms with Crippen LogP contribution in [0.1, 0.15) is 17.5 Å². The van der Waals surface area contributed by atoms with Crippen molar-refractivity contribution in [2.75, 3.05) is 17.3 Å². The van der Waals surface area contributed by atoms with E-state index in [1.165, 1.54) is 17.4 Å². The summed E-state index contributed by atoms with van der Waals surface area (Å²) in [6, 6.07) is 8.27. The first-order valence-corrected chi connectivity index (χ1v) is 8.89. The van der Waals surface area contributed by atoms with E-state index in [2.05, 4.69) is 35.0 Å². The zero-order valence-corrected chi connectivity index (χ0v) is 12.7. The summed E-state index contributed by atoms with van der Waals surface area (Å²) in [5, 5.41) is 0.844. The molecule has 0 aliphatic heterocycles. The summed E-state index contributed by atoms with van der Waals surface area (Å²) in [5.74, 6) is 0.653. The first-order valence-electron chi connectivity index (χ1n) is 5.70. The van der Waals surface area contributed by atoms with Gasteiger partial charge in [-0.25, -0.2) is 8.42 Å². The number of sulfone groups is 1. The molecule has 0 amide bonds. The van der Waals surface area contributed by atoms with Gasteiger partial charge in [0, 0.05) is 11.6 Å². The minimum absolute atomic E-state index is 0.273. The average Bonchev–Trinajstić information content (AvgIpc) is 2.25. The Kier molecular flexibility index (Phi) is 5.67. The van der Waals surface area contributed by atoms with Crippen LogP contribution in [0.4, 0.5) is 0 Å². The Morgan fingerprint density at radius 3 is 2.47 bits per heavy atom. The summed E-state index contributed by atoms with van der Waals surface area (Å²) in [4.78, 5) is 0. The second kappa shape index (κ2) is 6.55. The molecular weight excluding hydrogens is 300 g/mol. The molecule has 0 heterocycles. The van der Waals surface area contributed by atoms with Crippen LogP contribution in [0.2, 0.25) is 0 Å². The van der Waals surface area contributed by atoms with Crippen molar-refractivity contribution in [2.24, 2.45) is 5.92 Å². The van der Waals surface area contributed by atoms with Crippen molar-refractivity contribution >= 4 is 25.8 Å². The predicted molar refractivity (Wildman–Crippen MR) is 76.5 cm³/mol. The molecule has 1 aromatic carbocycles. The molecule has 0 aliphatic rings. The lowest BCUT2D eigenvalue weighted by atomic mass is 9.96. The smallest absolute Gasteiger partial charge is 0.147 e. The molecule has 0 spiro atoms. The van der Waals surface area contributed by atoms with E-state index >= 15 is 0 Å². The minimum atomic E-state index is -2.85. The van der Waals surface area contributed by atoms with Gasteiger partial charge in [0.15, 0.2) is 0 Å². The lowest BCUT2D eigenvalue weighted by Gasteiger charge is -2.15. The van der Waals surface area contributed by atoms with Gasteiger partial charge in [0.25, 0.3) is 0 Å². The highest BCUT2D eigenvalue weighted by Crippen LogP contribution is 2.18. The number of aryl methyl sites for hydroxylation is 1. The summed E-state index contributed by atoms with van der Waals surface area (Å²) < 4.78 is 22.3. The molecule has 0 bridgehead atoms. The van der Waals surface area contributed by atoms with Gasteiger partial charge in [0.1, 0.15) is 9.84 Å². The highest BCUT2D eigenvalue weighted by molar-refractivity contribution is 9.09. The molecule has 0 radical (unpaired) electrons. The molecule has 17 heavy (non-hydrogen) atoms. The molecule has 1 atom stereocenters. The number of alkyl halides is 1. The lowest BCUT2D eigenvalue weighted by Crippen LogP contribution is -2.13. The third-order valence-electron chi connectivity index (χ3n) is 2.88. The Morgan fingerprint density at radius 2 is 1.94 bits per heavy atom. The van der Waals surface area contributed by atoms with Gasteiger partial charge in [0.05, 0.1) is 5.75 Å². The number of hydrogen-bond acceptors (Lipinski definition) is 2. The monoisotopic (exact) mass is 318 g/mol. The molecule has 0 N–H and O–H groups in total. The number of halogens is 1. The highest BCUT2D eigenvalue weighted by Gasteiger charge is 2.12. The second-order valence-electron chi connectivity index (χ2n) is 4.57. The van der Waals surface area contributed by atoms with E-state index in [1.807, 2.05) is 12.1 Å². The molecule has 0 saturated carbocycles. The quantitative estimate of drug-likeness (QED) is 0.756. The van der Waals surface area contributed by atoms with Crippen LogP contribution in [0.25, 0.3) is 0 Å². The summed E-state index contributed by atoms with van der Waals surface area (Å²) in [6.07, 6.45) is 2.96. The van der Waals surface area contributed by atoms with Crippen molar-refractivity contribution in [1.82, 2.24) is 0 Å². The molecule has 0 saturated heterocycles. The van der Waals surface area contributed by atoms with Gasteiger partial charge < -0.3 is 0 Å². The maximum atomic E-state index is 11.2. The molecule has 96 valence electrons. The highest BCUT2D eigenvalue weighted by atomic mass is 79.9. The van der Waals surface area contributed by atoms with Crippen molar-refractivity contribution in [3.63, 3.8) is 0 Å². The van der Waals surface area contributed by atoms with Crippen LogP contribution in [0, 0.1) is 12.8 Å². The molecule has 1 unspecified atom stereocenters. The maximum Gasteiger partial charge on any atom is 0.147 e. The van der Waals surface area contributed by atoms with Gasteiger partial charge in [-0.05, 0) is 36.8 Å². The molecule has 0 aliphatic carbocycles. The van der Waals surface area contributed by atoms with E-state index in [4.69, 9.17) is 0 Å². The van der Waals surface area contributed by atoms with Crippen LogP contribution in [-0.2, 0) is 16.3 Å². The molecule has 0 aromatic heterocycles. The number of benzene rings is 1. The summed E-state index contributed by atoms with van der Waals surface area (Å²) in [6.45, 7) is 2.09. The molecule has 0 fully saturated rings. The molecule has 2 nitrogen and oxygen atoms in total. The summed E-state index contributed by atoms with van der Waals surface area (Å²) >= 11 is 3.47. The fraction of sp³-hybridized carbons (Fsp3) is 0.538. The molecular formula is C13H19BrO2S. The molecule has 4 heteroatoms. The molecule has 1 rings (SSSR count). The van der Waals surface area contributed by atoms with E-state index in [0.29, 0.717) is 5.92 Å². The lowest BCUT2D eigenvalue weighted by molar-refractivity contribution is 0.554. The van der Waals surface area contributed by atoms with E-state index in [0.717, 1.165) is 18.2 Å². The van der Waals surface area contributed by atoms with E-state index in [9.17, 15) is 8.42 Å². The van der Waals surface area contributed by atoms with Crippen molar-refractivity contribution in [1.29, 1.82) is 0 Å². The zero-order valence-electron chi connectivity index (χ0n) is 10.3. The van der Waals surface area contributed by atoms with Crippen LogP contribution in [-0.4, -0.2) is 25.8 Å². The van der Waals surface area contributed by atoms with Gasteiger partial charge in [0.2, 0.25) is 0 Å². The molecule has 1 aromatic rings. The SMILES string of the molecule is Cc1ccccc1CC(CBr)CCS(C)(=O)=O. The minimum Gasteiger partial charge on any atom is -0.229 e. The van der Waals surface area contributed by atoms with E-state index in [-0.39, 0.29) is 5.75 Å². The maximum absolute atomic E-state index is 11.2.